The Morgan fingerprint density at radius 2 is 2.05 bits per heavy atom. The van der Waals surface area contributed by atoms with Crippen LogP contribution in [0.25, 0.3) is 11.1 Å². The number of benzene rings is 1. The van der Waals surface area contributed by atoms with Crippen molar-refractivity contribution in [1.29, 1.82) is 0 Å². The van der Waals surface area contributed by atoms with Crippen LogP contribution < -0.4 is 10.1 Å². The van der Waals surface area contributed by atoms with Crippen LogP contribution in [0.15, 0.2) is 18.2 Å². The lowest BCUT2D eigenvalue weighted by molar-refractivity contribution is 0.408. The van der Waals surface area contributed by atoms with E-state index in [0.717, 1.165) is 24.5 Å². The van der Waals surface area contributed by atoms with Gasteiger partial charge in [0.1, 0.15) is 5.75 Å². The zero-order chi connectivity index (χ0) is 14.7. The van der Waals surface area contributed by atoms with Crippen LogP contribution in [0, 0.1) is 13.8 Å². The lowest BCUT2D eigenvalue weighted by Crippen LogP contribution is -2.12. The van der Waals surface area contributed by atoms with Gasteiger partial charge in [0.2, 0.25) is 0 Å². The number of nitrogens with one attached hydrogen (secondary N) is 1. The summed E-state index contributed by atoms with van der Waals surface area (Å²) in [4.78, 5) is 0. The summed E-state index contributed by atoms with van der Waals surface area (Å²) in [5.41, 5.74) is 5.83. The van der Waals surface area contributed by atoms with Gasteiger partial charge in [-0.3, -0.25) is 4.68 Å². The second kappa shape index (κ2) is 6.09. The van der Waals surface area contributed by atoms with Crippen LogP contribution in [-0.4, -0.2) is 23.4 Å². The van der Waals surface area contributed by atoms with E-state index >= 15 is 0 Å². The molecule has 0 amide bonds. The molecule has 4 heteroatoms. The fraction of sp³-hybridized carbons (Fsp3) is 0.438. The van der Waals surface area contributed by atoms with Crippen LogP contribution in [0.4, 0.5) is 0 Å². The minimum Gasteiger partial charge on any atom is -0.496 e. The number of nitrogens with zero attached hydrogens (tertiary/aromatic N) is 2. The third-order valence-electron chi connectivity index (χ3n) is 3.64. The molecule has 0 unspecified atom stereocenters. The Labute approximate surface area is 120 Å². The highest BCUT2D eigenvalue weighted by Crippen LogP contribution is 2.30. The van der Waals surface area contributed by atoms with Gasteiger partial charge >= 0.3 is 0 Å². The van der Waals surface area contributed by atoms with Gasteiger partial charge in [0, 0.05) is 30.4 Å². The topological polar surface area (TPSA) is 39.1 Å². The number of hydrogen-bond donors (Lipinski definition) is 1. The molecule has 0 saturated heterocycles. The summed E-state index contributed by atoms with van der Waals surface area (Å²) in [6, 6.07) is 6.33. The Balaban J connectivity index is 2.47. The Hall–Kier alpha value is -1.81. The third-order valence-corrected chi connectivity index (χ3v) is 3.64. The first-order valence-electron chi connectivity index (χ1n) is 6.96. The predicted molar refractivity (Wildman–Crippen MR) is 82.1 cm³/mol. The molecule has 0 aliphatic heterocycles. The summed E-state index contributed by atoms with van der Waals surface area (Å²) in [5, 5.41) is 7.84. The zero-order valence-electron chi connectivity index (χ0n) is 12.9. The highest BCUT2D eigenvalue weighted by atomic mass is 16.5. The molecule has 0 spiro atoms. The van der Waals surface area contributed by atoms with Gasteiger partial charge in [0.25, 0.3) is 0 Å². The van der Waals surface area contributed by atoms with E-state index in [1.807, 2.05) is 17.8 Å². The second-order valence-electron chi connectivity index (χ2n) is 4.98. The van der Waals surface area contributed by atoms with Gasteiger partial charge in [-0.1, -0.05) is 13.0 Å². The Morgan fingerprint density at radius 3 is 2.60 bits per heavy atom. The van der Waals surface area contributed by atoms with Crippen LogP contribution in [0.2, 0.25) is 0 Å². The average molecular weight is 273 g/mol. The van der Waals surface area contributed by atoms with Crippen molar-refractivity contribution in [3.63, 3.8) is 0 Å². The summed E-state index contributed by atoms with van der Waals surface area (Å²) in [7, 11) is 3.69. The molecular weight excluding hydrogens is 250 g/mol. The standard InChI is InChI=1S/C16H23N3O/c1-6-17-10-14-9-13(7-8-15(14)20-5)16-11(2)18-19(4)12(16)3/h7-9,17H,6,10H2,1-5H3. The summed E-state index contributed by atoms with van der Waals surface area (Å²) < 4.78 is 7.37. The van der Waals surface area contributed by atoms with Gasteiger partial charge in [-0.15, -0.1) is 0 Å². The van der Waals surface area contributed by atoms with Crippen molar-refractivity contribution in [1.82, 2.24) is 15.1 Å². The molecule has 0 fully saturated rings. The van der Waals surface area contributed by atoms with E-state index in [2.05, 4.69) is 43.3 Å². The first-order chi connectivity index (χ1) is 9.58. The van der Waals surface area contributed by atoms with Gasteiger partial charge in [0.05, 0.1) is 12.8 Å². The van der Waals surface area contributed by atoms with Crippen LogP contribution in [0.1, 0.15) is 23.9 Å². The lowest BCUT2D eigenvalue weighted by Gasteiger charge is -2.11. The summed E-state index contributed by atoms with van der Waals surface area (Å²) in [5.74, 6) is 0.925. The molecule has 0 aliphatic carbocycles. The normalized spacial score (nSPS) is 10.8. The maximum absolute atomic E-state index is 5.44. The van der Waals surface area contributed by atoms with Gasteiger partial charge < -0.3 is 10.1 Å². The van der Waals surface area contributed by atoms with E-state index < -0.39 is 0 Å². The molecule has 4 nitrogen and oxygen atoms in total. The predicted octanol–water partition coefficient (Wildman–Crippen LogP) is 2.82. The number of ether oxygens (including phenoxy) is 1. The maximum Gasteiger partial charge on any atom is 0.123 e. The lowest BCUT2D eigenvalue weighted by atomic mass is 10.0. The molecule has 2 rings (SSSR count). The zero-order valence-corrected chi connectivity index (χ0v) is 12.9. The average Bonchev–Trinajstić information content (AvgIpc) is 2.69. The molecule has 1 heterocycles. The highest BCUT2D eigenvalue weighted by molar-refractivity contribution is 5.70. The first kappa shape index (κ1) is 14.6. The number of rotatable bonds is 5. The summed E-state index contributed by atoms with van der Waals surface area (Å²) >= 11 is 0. The molecule has 1 aromatic heterocycles. The molecule has 1 N–H and O–H groups in total. The molecule has 108 valence electrons. The minimum atomic E-state index is 0.811. The minimum absolute atomic E-state index is 0.811. The van der Waals surface area contributed by atoms with Crippen molar-refractivity contribution in [2.75, 3.05) is 13.7 Å². The molecule has 0 aliphatic rings. The van der Waals surface area contributed by atoms with Gasteiger partial charge in [-0.25, -0.2) is 0 Å². The third kappa shape index (κ3) is 2.70. The van der Waals surface area contributed by atoms with E-state index in [9.17, 15) is 0 Å². The van der Waals surface area contributed by atoms with E-state index in [-0.39, 0.29) is 0 Å². The highest BCUT2D eigenvalue weighted by Gasteiger charge is 2.13. The number of methoxy groups -OCH3 is 1. The van der Waals surface area contributed by atoms with Crippen molar-refractivity contribution in [2.24, 2.45) is 7.05 Å². The molecule has 0 bridgehead atoms. The number of hydrogen-bond acceptors (Lipinski definition) is 3. The monoisotopic (exact) mass is 273 g/mol. The van der Waals surface area contributed by atoms with Crippen molar-refractivity contribution in [3.8, 4) is 16.9 Å². The molecule has 20 heavy (non-hydrogen) atoms. The van der Waals surface area contributed by atoms with E-state index in [1.54, 1.807) is 7.11 Å². The van der Waals surface area contributed by atoms with Crippen molar-refractivity contribution >= 4 is 0 Å². The Morgan fingerprint density at radius 1 is 1.30 bits per heavy atom. The van der Waals surface area contributed by atoms with Crippen molar-refractivity contribution in [2.45, 2.75) is 27.3 Å². The molecular formula is C16H23N3O. The molecule has 0 radical (unpaired) electrons. The van der Waals surface area contributed by atoms with Gasteiger partial charge in [-0.2, -0.15) is 5.10 Å². The molecule has 0 saturated carbocycles. The quantitative estimate of drug-likeness (QED) is 0.910. The first-order valence-corrected chi connectivity index (χ1v) is 6.96. The van der Waals surface area contributed by atoms with Crippen LogP contribution in [0.5, 0.6) is 5.75 Å². The fourth-order valence-corrected chi connectivity index (χ4v) is 2.52. The van der Waals surface area contributed by atoms with Crippen molar-refractivity contribution < 1.29 is 4.74 Å². The summed E-state index contributed by atoms with van der Waals surface area (Å²) in [6.07, 6.45) is 0. The van der Waals surface area contributed by atoms with Crippen molar-refractivity contribution in [3.05, 3.63) is 35.2 Å². The Bertz CT molecular complexity index is 602. The van der Waals surface area contributed by atoms with Gasteiger partial charge in [0.15, 0.2) is 0 Å². The fourth-order valence-electron chi connectivity index (χ4n) is 2.52. The Kier molecular flexibility index (Phi) is 4.45. The van der Waals surface area contributed by atoms with E-state index in [4.69, 9.17) is 4.74 Å². The second-order valence-corrected chi connectivity index (χ2v) is 4.98. The van der Waals surface area contributed by atoms with E-state index in [0.29, 0.717) is 0 Å². The van der Waals surface area contributed by atoms with Gasteiger partial charge in [-0.05, 0) is 38.1 Å². The smallest absolute Gasteiger partial charge is 0.123 e. The SMILES string of the molecule is CCNCc1cc(-c2c(C)nn(C)c2C)ccc1OC. The summed E-state index contributed by atoms with van der Waals surface area (Å²) in [6.45, 7) is 8.01. The van der Waals surface area contributed by atoms with Crippen LogP contribution >= 0.6 is 0 Å². The van der Waals surface area contributed by atoms with Crippen LogP contribution in [0.3, 0.4) is 0 Å². The number of aromatic nitrogens is 2. The molecule has 2 aromatic rings. The molecule has 1 aromatic carbocycles. The number of aryl methyl sites for hydroxylation is 2. The van der Waals surface area contributed by atoms with E-state index in [1.165, 1.54) is 22.4 Å². The maximum atomic E-state index is 5.44. The largest absolute Gasteiger partial charge is 0.496 e. The molecule has 0 atom stereocenters. The van der Waals surface area contributed by atoms with Crippen LogP contribution in [-0.2, 0) is 13.6 Å².